The number of carbonyl (C=O) groups is 1. The molecule has 1 amide bonds. The summed E-state index contributed by atoms with van der Waals surface area (Å²) in [6.07, 6.45) is 1.99. The Labute approximate surface area is 143 Å². The van der Waals surface area contributed by atoms with Gasteiger partial charge < -0.3 is 5.32 Å². The molecule has 0 spiro atoms. The third-order valence-corrected chi connectivity index (χ3v) is 4.49. The quantitative estimate of drug-likeness (QED) is 0.696. The van der Waals surface area contributed by atoms with Crippen LogP contribution in [0.2, 0.25) is 0 Å². The van der Waals surface area contributed by atoms with E-state index in [0.717, 1.165) is 23.4 Å². The van der Waals surface area contributed by atoms with E-state index in [1.165, 1.54) is 12.1 Å². The Bertz CT molecular complexity index is 827. The van der Waals surface area contributed by atoms with Crippen molar-refractivity contribution in [1.82, 2.24) is 10.2 Å². The maximum absolute atomic E-state index is 13.5. The molecular formula is C18H18FN3OS. The number of carbonyl (C=O) groups excluding carboxylic acids is 1. The molecule has 0 radical (unpaired) electrons. The van der Waals surface area contributed by atoms with Crippen molar-refractivity contribution in [3.8, 4) is 11.3 Å². The van der Waals surface area contributed by atoms with Gasteiger partial charge in [0.1, 0.15) is 11.5 Å². The number of benzene rings is 1. The van der Waals surface area contributed by atoms with Crippen LogP contribution >= 0.6 is 11.3 Å². The highest BCUT2D eigenvalue weighted by molar-refractivity contribution is 7.10. The number of nitrogens with zero attached hydrogens (tertiary/aromatic N) is 1. The number of nitrogens with one attached hydrogen (secondary N) is 2. The summed E-state index contributed by atoms with van der Waals surface area (Å²) >= 11 is 1.55. The lowest BCUT2D eigenvalue weighted by Crippen LogP contribution is -2.15. The summed E-state index contributed by atoms with van der Waals surface area (Å²) in [4.78, 5) is 13.4. The molecule has 6 heteroatoms. The molecule has 4 nitrogen and oxygen atoms in total. The van der Waals surface area contributed by atoms with Crippen LogP contribution in [0.4, 0.5) is 10.1 Å². The molecule has 24 heavy (non-hydrogen) atoms. The Hall–Kier alpha value is -2.47. The number of amides is 1. The predicted molar refractivity (Wildman–Crippen MR) is 94.6 cm³/mol. The first-order valence-electron chi connectivity index (χ1n) is 7.82. The van der Waals surface area contributed by atoms with Crippen LogP contribution < -0.4 is 5.32 Å². The predicted octanol–water partition coefficient (Wildman–Crippen LogP) is 4.41. The highest BCUT2D eigenvalue weighted by Crippen LogP contribution is 2.30. The first-order valence-corrected chi connectivity index (χ1v) is 8.70. The lowest BCUT2D eigenvalue weighted by molar-refractivity contribution is -0.115. The van der Waals surface area contributed by atoms with Crippen LogP contribution in [0.3, 0.4) is 0 Å². The molecule has 0 aliphatic heterocycles. The van der Waals surface area contributed by atoms with Crippen LogP contribution in [0.5, 0.6) is 0 Å². The second-order valence-corrected chi connectivity index (χ2v) is 6.52. The van der Waals surface area contributed by atoms with Gasteiger partial charge in [-0.3, -0.25) is 9.89 Å². The highest BCUT2D eigenvalue weighted by atomic mass is 32.1. The van der Waals surface area contributed by atoms with Crippen LogP contribution in [0, 0.1) is 5.82 Å². The molecule has 0 saturated heterocycles. The summed E-state index contributed by atoms with van der Waals surface area (Å²) in [5, 5.41) is 12.2. The topological polar surface area (TPSA) is 57.8 Å². The molecule has 2 heterocycles. The molecule has 3 aromatic rings. The summed E-state index contributed by atoms with van der Waals surface area (Å²) in [5.74, 6) is -0.433. The van der Waals surface area contributed by atoms with Gasteiger partial charge in [0.25, 0.3) is 0 Å². The maximum atomic E-state index is 13.5. The SMILES string of the molecule is CCCc1[nH]nc(-c2cccc(F)c2)c1NC(=O)Cc1cccs1. The number of anilines is 1. The van der Waals surface area contributed by atoms with Gasteiger partial charge in [-0.25, -0.2) is 4.39 Å². The van der Waals surface area contributed by atoms with Crippen molar-refractivity contribution in [2.24, 2.45) is 0 Å². The zero-order valence-electron chi connectivity index (χ0n) is 13.3. The smallest absolute Gasteiger partial charge is 0.229 e. The van der Waals surface area contributed by atoms with Crippen molar-refractivity contribution in [3.05, 3.63) is 58.2 Å². The summed E-state index contributed by atoms with van der Waals surface area (Å²) in [6, 6.07) is 10.1. The van der Waals surface area contributed by atoms with E-state index in [1.54, 1.807) is 23.5 Å². The van der Waals surface area contributed by atoms with E-state index >= 15 is 0 Å². The summed E-state index contributed by atoms with van der Waals surface area (Å²) in [7, 11) is 0. The van der Waals surface area contributed by atoms with Crippen molar-refractivity contribution in [2.45, 2.75) is 26.2 Å². The molecule has 0 atom stereocenters. The van der Waals surface area contributed by atoms with E-state index in [0.29, 0.717) is 23.4 Å². The monoisotopic (exact) mass is 343 g/mol. The average Bonchev–Trinajstić information content (AvgIpc) is 3.18. The standard InChI is InChI=1S/C18H18FN3OS/c1-2-5-15-18(20-16(23)11-14-8-4-9-24-14)17(22-21-15)12-6-3-7-13(19)10-12/h3-4,6-10H,2,5,11H2,1H3,(H,20,23)(H,21,22). The molecule has 0 aliphatic carbocycles. The summed E-state index contributed by atoms with van der Waals surface area (Å²) < 4.78 is 13.5. The molecular weight excluding hydrogens is 325 g/mol. The molecule has 124 valence electrons. The van der Waals surface area contributed by atoms with Crippen LogP contribution in [-0.4, -0.2) is 16.1 Å². The fraction of sp³-hybridized carbons (Fsp3) is 0.222. The third-order valence-electron chi connectivity index (χ3n) is 3.62. The normalized spacial score (nSPS) is 10.8. The van der Waals surface area contributed by atoms with Gasteiger partial charge in [0.05, 0.1) is 17.8 Å². The maximum Gasteiger partial charge on any atom is 0.229 e. The number of H-pyrrole nitrogens is 1. The van der Waals surface area contributed by atoms with Gasteiger partial charge in [0.15, 0.2) is 0 Å². The van der Waals surface area contributed by atoms with E-state index < -0.39 is 0 Å². The number of thiophene rings is 1. The minimum absolute atomic E-state index is 0.103. The first-order chi connectivity index (χ1) is 11.7. The van der Waals surface area contributed by atoms with Gasteiger partial charge in [-0.15, -0.1) is 11.3 Å². The minimum atomic E-state index is -0.330. The number of aryl methyl sites for hydroxylation is 1. The number of halogens is 1. The zero-order valence-corrected chi connectivity index (χ0v) is 14.1. The van der Waals surface area contributed by atoms with Gasteiger partial charge in [-0.2, -0.15) is 5.10 Å². The van der Waals surface area contributed by atoms with Crippen LogP contribution in [0.1, 0.15) is 23.9 Å². The Morgan fingerprint density at radius 2 is 2.21 bits per heavy atom. The molecule has 0 saturated carbocycles. The molecule has 0 unspecified atom stereocenters. The Balaban J connectivity index is 1.89. The van der Waals surface area contributed by atoms with E-state index in [-0.39, 0.29) is 11.7 Å². The number of aromatic amines is 1. The highest BCUT2D eigenvalue weighted by Gasteiger charge is 2.17. The van der Waals surface area contributed by atoms with Crippen molar-refractivity contribution < 1.29 is 9.18 Å². The third kappa shape index (κ3) is 3.71. The molecule has 0 bridgehead atoms. The molecule has 2 N–H and O–H groups in total. The Morgan fingerprint density at radius 1 is 1.33 bits per heavy atom. The lowest BCUT2D eigenvalue weighted by atomic mass is 10.1. The second kappa shape index (κ2) is 7.40. The molecule has 0 fully saturated rings. The molecule has 3 rings (SSSR count). The Morgan fingerprint density at radius 3 is 2.92 bits per heavy atom. The second-order valence-electron chi connectivity index (χ2n) is 5.49. The largest absolute Gasteiger partial charge is 0.322 e. The lowest BCUT2D eigenvalue weighted by Gasteiger charge is -2.08. The van der Waals surface area contributed by atoms with Gasteiger partial charge in [0, 0.05) is 10.4 Å². The van der Waals surface area contributed by atoms with Gasteiger partial charge in [-0.1, -0.05) is 31.5 Å². The van der Waals surface area contributed by atoms with Crippen LogP contribution in [0.15, 0.2) is 41.8 Å². The van der Waals surface area contributed by atoms with E-state index in [2.05, 4.69) is 22.4 Å². The number of hydrogen-bond acceptors (Lipinski definition) is 3. The van der Waals surface area contributed by atoms with Crippen LogP contribution in [0.25, 0.3) is 11.3 Å². The van der Waals surface area contributed by atoms with E-state index in [1.807, 2.05) is 17.5 Å². The molecule has 2 aromatic heterocycles. The number of hydrogen-bond donors (Lipinski definition) is 2. The van der Waals surface area contributed by atoms with Gasteiger partial charge >= 0.3 is 0 Å². The van der Waals surface area contributed by atoms with Crippen molar-refractivity contribution in [3.63, 3.8) is 0 Å². The van der Waals surface area contributed by atoms with Crippen molar-refractivity contribution >= 4 is 22.9 Å². The molecule has 0 aliphatic rings. The van der Waals surface area contributed by atoms with Crippen LogP contribution in [-0.2, 0) is 17.6 Å². The average molecular weight is 343 g/mol. The minimum Gasteiger partial charge on any atom is -0.322 e. The van der Waals surface area contributed by atoms with Crippen molar-refractivity contribution in [1.29, 1.82) is 0 Å². The summed E-state index contributed by atoms with van der Waals surface area (Å²) in [5.41, 5.74) is 2.71. The van der Waals surface area contributed by atoms with Gasteiger partial charge in [-0.05, 0) is 30.0 Å². The van der Waals surface area contributed by atoms with E-state index in [4.69, 9.17) is 0 Å². The molecule has 1 aromatic carbocycles. The van der Waals surface area contributed by atoms with Crippen molar-refractivity contribution in [2.75, 3.05) is 5.32 Å². The van der Waals surface area contributed by atoms with Gasteiger partial charge in [0.2, 0.25) is 5.91 Å². The fourth-order valence-corrected chi connectivity index (χ4v) is 3.25. The number of aromatic nitrogens is 2. The van der Waals surface area contributed by atoms with E-state index in [9.17, 15) is 9.18 Å². The number of rotatable bonds is 6. The first kappa shape index (κ1) is 16.4. The summed E-state index contributed by atoms with van der Waals surface area (Å²) in [6.45, 7) is 2.06. The fourth-order valence-electron chi connectivity index (χ4n) is 2.54. The Kier molecular flexibility index (Phi) is 5.05. The zero-order chi connectivity index (χ0) is 16.9.